The second-order valence-corrected chi connectivity index (χ2v) is 5.63. The van der Waals surface area contributed by atoms with Gasteiger partial charge in [0.25, 0.3) is 0 Å². The van der Waals surface area contributed by atoms with Crippen molar-refractivity contribution in [2.24, 2.45) is 0 Å². The van der Waals surface area contributed by atoms with Gasteiger partial charge in [0, 0.05) is 0 Å². The number of rotatable bonds is 3. The minimum Gasteiger partial charge on any atom is -0.385 e. The largest absolute Gasteiger partial charge is 0.385 e. The highest BCUT2D eigenvalue weighted by Gasteiger charge is 2.50. The average Bonchev–Trinajstić information content (AvgIpc) is 2.75. The minimum absolute atomic E-state index is 0.239. The fourth-order valence-electron chi connectivity index (χ4n) is 2.62. The van der Waals surface area contributed by atoms with Gasteiger partial charge in [0.1, 0.15) is 18.3 Å². The van der Waals surface area contributed by atoms with E-state index in [0.29, 0.717) is 13.2 Å². The second-order valence-electron chi connectivity index (χ2n) is 5.63. The van der Waals surface area contributed by atoms with E-state index in [-0.39, 0.29) is 6.10 Å². The number of aliphatic hydroxyl groups is 1. The fourth-order valence-corrected chi connectivity index (χ4v) is 2.62. The summed E-state index contributed by atoms with van der Waals surface area (Å²) >= 11 is 0. The lowest BCUT2D eigenvalue weighted by molar-refractivity contribution is -0.255. The summed E-state index contributed by atoms with van der Waals surface area (Å²) in [6.45, 7) is 4.42. The smallest absolute Gasteiger partial charge is 0.186 e. The normalized spacial score (nSPS) is 35.8. The van der Waals surface area contributed by atoms with Crippen LogP contribution in [0.15, 0.2) is 30.3 Å². The van der Waals surface area contributed by atoms with Gasteiger partial charge in [-0.2, -0.15) is 0 Å². The van der Waals surface area contributed by atoms with Gasteiger partial charge in [0.05, 0.1) is 13.2 Å². The summed E-state index contributed by atoms with van der Waals surface area (Å²) in [4.78, 5) is 0. The first kappa shape index (κ1) is 14.0. The van der Waals surface area contributed by atoms with E-state index in [0.717, 1.165) is 5.56 Å². The lowest BCUT2D eigenvalue weighted by Gasteiger charge is -2.34. The van der Waals surface area contributed by atoms with E-state index in [2.05, 4.69) is 0 Å². The van der Waals surface area contributed by atoms with Crippen LogP contribution in [0.2, 0.25) is 0 Å². The third-order valence-electron chi connectivity index (χ3n) is 3.52. The van der Waals surface area contributed by atoms with E-state index in [1.165, 1.54) is 0 Å². The van der Waals surface area contributed by atoms with Gasteiger partial charge < -0.3 is 24.1 Å². The molecule has 4 atom stereocenters. The molecule has 1 N–H and O–H groups in total. The van der Waals surface area contributed by atoms with Crippen molar-refractivity contribution in [2.45, 2.75) is 50.8 Å². The SMILES string of the molecule is CC1(C)O[C@@H]2[C@@H](O)[C@H](OCc3ccccc3)OC[C@@H]2O1. The Bertz CT molecular complexity index is 447. The first-order valence-corrected chi connectivity index (χ1v) is 6.86. The summed E-state index contributed by atoms with van der Waals surface area (Å²) in [7, 11) is 0. The maximum absolute atomic E-state index is 10.3. The first-order chi connectivity index (χ1) is 9.55. The molecule has 0 aromatic heterocycles. The zero-order valence-electron chi connectivity index (χ0n) is 11.7. The Morgan fingerprint density at radius 3 is 2.75 bits per heavy atom. The predicted molar refractivity (Wildman–Crippen MR) is 70.8 cm³/mol. The van der Waals surface area contributed by atoms with Crippen LogP contribution in [0.1, 0.15) is 19.4 Å². The molecular weight excluding hydrogens is 260 g/mol. The lowest BCUT2D eigenvalue weighted by Crippen LogP contribution is -2.52. The van der Waals surface area contributed by atoms with Crippen LogP contribution in [0, 0.1) is 0 Å². The van der Waals surface area contributed by atoms with Crippen LogP contribution in [0.4, 0.5) is 0 Å². The van der Waals surface area contributed by atoms with E-state index in [1.54, 1.807) is 0 Å². The molecule has 1 aromatic carbocycles. The van der Waals surface area contributed by atoms with Gasteiger partial charge in [-0.25, -0.2) is 0 Å². The number of fused-ring (bicyclic) bond motifs is 1. The Hall–Kier alpha value is -0.980. The summed E-state index contributed by atoms with van der Waals surface area (Å²) in [5.74, 6) is -0.687. The van der Waals surface area contributed by atoms with Crippen molar-refractivity contribution in [1.29, 1.82) is 0 Å². The number of aliphatic hydroxyl groups excluding tert-OH is 1. The van der Waals surface area contributed by atoms with Crippen molar-refractivity contribution in [3.63, 3.8) is 0 Å². The Morgan fingerprint density at radius 2 is 2.00 bits per heavy atom. The van der Waals surface area contributed by atoms with Crippen molar-refractivity contribution in [3.05, 3.63) is 35.9 Å². The van der Waals surface area contributed by atoms with E-state index in [1.807, 2.05) is 44.2 Å². The zero-order chi connectivity index (χ0) is 14.2. The van der Waals surface area contributed by atoms with Crippen LogP contribution in [0.25, 0.3) is 0 Å². The van der Waals surface area contributed by atoms with Crippen LogP contribution >= 0.6 is 0 Å². The van der Waals surface area contributed by atoms with Gasteiger partial charge in [-0.3, -0.25) is 0 Å². The topological polar surface area (TPSA) is 57.2 Å². The Labute approximate surface area is 118 Å². The third kappa shape index (κ3) is 2.87. The summed E-state index contributed by atoms with van der Waals surface area (Å²) < 4.78 is 22.6. The highest BCUT2D eigenvalue weighted by Crippen LogP contribution is 2.34. The Morgan fingerprint density at radius 1 is 1.25 bits per heavy atom. The molecule has 110 valence electrons. The molecule has 0 radical (unpaired) electrons. The molecular formula is C15H20O5. The number of hydrogen-bond donors (Lipinski definition) is 1. The number of benzene rings is 1. The second kappa shape index (κ2) is 5.42. The molecule has 2 fully saturated rings. The van der Waals surface area contributed by atoms with E-state index in [4.69, 9.17) is 18.9 Å². The van der Waals surface area contributed by atoms with Crippen molar-refractivity contribution < 1.29 is 24.1 Å². The highest BCUT2D eigenvalue weighted by atomic mass is 16.8. The number of hydrogen-bond acceptors (Lipinski definition) is 5. The maximum Gasteiger partial charge on any atom is 0.186 e. The van der Waals surface area contributed by atoms with Crippen molar-refractivity contribution in [1.82, 2.24) is 0 Å². The Balaban J connectivity index is 1.59. The standard InChI is InChI=1S/C15H20O5/c1-15(2)19-11-9-18-14(12(16)13(11)20-15)17-8-10-6-4-3-5-7-10/h3-7,11-14,16H,8-9H2,1-2H3/t11-,12+,13-,14+/m0/s1. The van der Waals surface area contributed by atoms with E-state index >= 15 is 0 Å². The lowest BCUT2D eigenvalue weighted by atomic mass is 10.1. The van der Waals surface area contributed by atoms with Gasteiger partial charge in [-0.1, -0.05) is 30.3 Å². The van der Waals surface area contributed by atoms with Crippen LogP contribution in [0.3, 0.4) is 0 Å². The molecule has 5 heteroatoms. The van der Waals surface area contributed by atoms with Crippen LogP contribution < -0.4 is 0 Å². The predicted octanol–water partition coefficient (Wildman–Crippen LogP) is 1.44. The Kier molecular flexibility index (Phi) is 3.79. The van der Waals surface area contributed by atoms with E-state index < -0.39 is 24.3 Å². The number of ether oxygens (including phenoxy) is 4. The molecule has 3 rings (SSSR count). The molecule has 2 aliphatic heterocycles. The molecule has 2 saturated heterocycles. The third-order valence-corrected chi connectivity index (χ3v) is 3.52. The zero-order valence-corrected chi connectivity index (χ0v) is 11.7. The molecule has 0 spiro atoms. The molecule has 0 bridgehead atoms. The summed E-state index contributed by atoms with van der Waals surface area (Å²) in [5.41, 5.74) is 1.04. The molecule has 0 unspecified atom stereocenters. The molecule has 2 aliphatic rings. The maximum atomic E-state index is 10.3. The molecule has 0 aliphatic carbocycles. The monoisotopic (exact) mass is 280 g/mol. The van der Waals surface area contributed by atoms with Crippen LogP contribution in [-0.4, -0.2) is 42.1 Å². The molecule has 5 nitrogen and oxygen atoms in total. The van der Waals surface area contributed by atoms with Gasteiger partial charge >= 0.3 is 0 Å². The van der Waals surface area contributed by atoms with Gasteiger partial charge in [-0.05, 0) is 19.4 Å². The summed E-state index contributed by atoms with van der Waals surface area (Å²) in [6, 6.07) is 9.78. The summed E-state index contributed by atoms with van der Waals surface area (Å²) in [5, 5.41) is 10.3. The molecule has 0 saturated carbocycles. The summed E-state index contributed by atoms with van der Waals surface area (Å²) in [6.07, 6.45) is -2.18. The van der Waals surface area contributed by atoms with Gasteiger partial charge in [0.2, 0.25) is 0 Å². The van der Waals surface area contributed by atoms with Crippen molar-refractivity contribution >= 4 is 0 Å². The average molecular weight is 280 g/mol. The van der Waals surface area contributed by atoms with Crippen LogP contribution in [-0.2, 0) is 25.6 Å². The molecule has 2 heterocycles. The van der Waals surface area contributed by atoms with E-state index in [9.17, 15) is 5.11 Å². The van der Waals surface area contributed by atoms with Gasteiger partial charge in [0.15, 0.2) is 12.1 Å². The fraction of sp³-hybridized carbons (Fsp3) is 0.600. The van der Waals surface area contributed by atoms with Gasteiger partial charge in [-0.15, -0.1) is 0 Å². The molecule has 0 amide bonds. The highest BCUT2D eigenvalue weighted by molar-refractivity contribution is 5.13. The van der Waals surface area contributed by atoms with Crippen LogP contribution in [0.5, 0.6) is 0 Å². The molecule has 20 heavy (non-hydrogen) atoms. The minimum atomic E-state index is -0.848. The quantitative estimate of drug-likeness (QED) is 0.908. The van der Waals surface area contributed by atoms with Crippen molar-refractivity contribution in [3.8, 4) is 0 Å². The first-order valence-electron chi connectivity index (χ1n) is 6.86. The van der Waals surface area contributed by atoms with Crippen molar-refractivity contribution in [2.75, 3.05) is 6.61 Å². The molecule has 1 aromatic rings.